The smallest absolute Gasteiger partial charge is 0.243 e. The fraction of sp³-hybridized carbons (Fsp3) is 0.786. The lowest BCUT2D eigenvalue weighted by molar-refractivity contribution is 0.360. The molecule has 0 bridgehead atoms. The highest BCUT2D eigenvalue weighted by Crippen LogP contribution is 2.25. The van der Waals surface area contributed by atoms with Gasteiger partial charge in [-0.25, -0.2) is 5.84 Å². The summed E-state index contributed by atoms with van der Waals surface area (Å²) >= 11 is 0. The van der Waals surface area contributed by atoms with Gasteiger partial charge in [0.05, 0.1) is 0 Å². The summed E-state index contributed by atoms with van der Waals surface area (Å²) in [7, 11) is 0. The van der Waals surface area contributed by atoms with Crippen LogP contribution in [0.4, 0.5) is 17.8 Å². The van der Waals surface area contributed by atoms with Gasteiger partial charge < -0.3 is 10.2 Å². The summed E-state index contributed by atoms with van der Waals surface area (Å²) in [4.78, 5) is 15.3. The van der Waals surface area contributed by atoms with Crippen molar-refractivity contribution in [2.75, 3.05) is 28.7 Å². The van der Waals surface area contributed by atoms with E-state index in [1.165, 1.54) is 25.7 Å². The molecule has 0 spiro atoms. The molecule has 1 fully saturated rings. The summed E-state index contributed by atoms with van der Waals surface area (Å²) in [5, 5.41) is 3.44. The van der Waals surface area contributed by atoms with Crippen molar-refractivity contribution >= 4 is 17.8 Å². The summed E-state index contributed by atoms with van der Waals surface area (Å²) in [5.41, 5.74) is 2.53. The van der Waals surface area contributed by atoms with Gasteiger partial charge in [0.15, 0.2) is 0 Å². The first-order valence-electron chi connectivity index (χ1n) is 7.90. The van der Waals surface area contributed by atoms with E-state index >= 15 is 0 Å². The molecule has 0 radical (unpaired) electrons. The van der Waals surface area contributed by atoms with Crippen LogP contribution in [0.15, 0.2) is 0 Å². The third-order valence-corrected chi connectivity index (χ3v) is 4.15. The Balaban J connectivity index is 2.12. The molecule has 0 aromatic carbocycles. The number of rotatable bonds is 6. The maximum atomic E-state index is 5.47. The van der Waals surface area contributed by atoms with E-state index in [-0.39, 0.29) is 0 Å². The van der Waals surface area contributed by atoms with Gasteiger partial charge in [-0.05, 0) is 45.4 Å². The molecule has 1 aliphatic rings. The molecule has 2 rings (SSSR count). The Labute approximate surface area is 126 Å². The summed E-state index contributed by atoms with van der Waals surface area (Å²) in [6.07, 6.45) is 4.85. The first-order chi connectivity index (χ1) is 10.2. The van der Waals surface area contributed by atoms with Crippen molar-refractivity contribution in [2.24, 2.45) is 11.8 Å². The number of aromatic nitrogens is 3. The van der Waals surface area contributed by atoms with Crippen LogP contribution in [0.5, 0.6) is 0 Å². The molecule has 0 saturated heterocycles. The third-order valence-electron chi connectivity index (χ3n) is 4.15. The highest BCUT2D eigenvalue weighted by atomic mass is 15.4. The molecule has 4 N–H and O–H groups in total. The van der Waals surface area contributed by atoms with E-state index in [0.29, 0.717) is 23.9 Å². The van der Waals surface area contributed by atoms with Gasteiger partial charge in [-0.3, -0.25) is 5.43 Å². The summed E-state index contributed by atoms with van der Waals surface area (Å²) in [6.45, 7) is 8.18. The SMILES string of the molecule is CCN(CC)c1nc(NN)nc(NC2CCC(C)CC2)n1. The maximum absolute atomic E-state index is 5.47. The molecule has 1 aromatic heterocycles. The number of hydrogen-bond donors (Lipinski definition) is 3. The Hall–Kier alpha value is -1.63. The average molecular weight is 293 g/mol. The Kier molecular flexibility index (Phi) is 5.55. The fourth-order valence-electron chi connectivity index (χ4n) is 2.73. The lowest BCUT2D eigenvalue weighted by Crippen LogP contribution is -2.29. The lowest BCUT2D eigenvalue weighted by atomic mass is 9.87. The first-order valence-corrected chi connectivity index (χ1v) is 7.90. The van der Waals surface area contributed by atoms with Crippen LogP contribution in [-0.2, 0) is 0 Å². The highest BCUT2D eigenvalue weighted by Gasteiger charge is 2.19. The number of nitrogens with two attached hydrogens (primary N) is 1. The molecule has 7 nitrogen and oxygen atoms in total. The van der Waals surface area contributed by atoms with Crippen LogP contribution < -0.4 is 21.5 Å². The van der Waals surface area contributed by atoms with Crippen LogP contribution in [0.2, 0.25) is 0 Å². The third kappa shape index (κ3) is 4.17. The molecule has 0 amide bonds. The van der Waals surface area contributed by atoms with Gasteiger partial charge >= 0.3 is 0 Å². The standard InChI is InChI=1S/C14H27N7/c1-4-21(5-2)14-18-12(17-13(19-14)20-15)16-11-8-6-10(3)7-9-11/h10-11H,4-9,15H2,1-3H3,(H2,16,17,18,19,20). The normalized spacial score (nSPS) is 21.9. The topological polar surface area (TPSA) is 92.0 Å². The van der Waals surface area contributed by atoms with Crippen molar-refractivity contribution in [3.8, 4) is 0 Å². The summed E-state index contributed by atoms with van der Waals surface area (Å²) in [6, 6.07) is 0.443. The number of nitrogens with zero attached hydrogens (tertiary/aromatic N) is 4. The predicted octanol–water partition coefficient (Wildman–Crippen LogP) is 1.99. The summed E-state index contributed by atoms with van der Waals surface area (Å²) in [5.74, 6) is 7.97. The molecule has 1 heterocycles. The van der Waals surface area contributed by atoms with E-state index in [2.05, 4.69) is 51.4 Å². The van der Waals surface area contributed by atoms with Crippen LogP contribution in [-0.4, -0.2) is 34.1 Å². The minimum atomic E-state index is 0.401. The van der Waals surface area contributed by atoms with Crippen LogP contribution in [0, 0.1) is 5.92 Å². The minimum absolute atomic E-state index is 0.401. The van der Waals surface area contributed by atoms with Crippen LogP contribution in [0.1, 0.15) is 46.5 Å². The predicted molar refractivity (Wildman–Crippen MR) is 86.2 cm³/mol. The zero-order valence-electron chi connectivity index (χ0n) is 13.3. The van der Waals surface area contributed by atoms with Gasteiger partial charge in [0, 0.05) is 19.1 Å². The van der Waals surface area contributed by atoms with E-state index < -0.39 is 0 Å². The second kappa shape index (κ2) is 7.40. The highest BCUT2D eigenvalue weighted by molar-refractivity contribution is 5.43. The number of hydrogen-bond acceptors (Lipinski definition) is 7. The van der Waals surface area contributed by atoms with Crippen LogP contribution in [0.25, 0.3) is 0 Å². The van der Waals surface area contributed by atoms with Gasteiger partial charge in [0.1, 0.15) is 0 Å². The molecule has 0 aliphatic heterocycles. The van der Waals surface area contributed by atoms with E-state index in [0.717, 1.165) is 19.0 Å². The zero-order valence-corrected chi connectivity index (χ0v) is 13.3. The van der Waals surface area contributed by atoms with E-state index in [1.807, 2.05) is 0 Å². The van der Waals surface area contributed by atoms with Crippen molar-refractivity contribution in [3.05, 3.63) is 0 Å². The van der Waals surface area contributed by atoms with E-state index in [4.69, 9.17) is 5.84 Å². The second-order valence-electron chi connectivity index (χ2n) is 5.70. The Bertz CT molecular complexity index is 439. The van der Waals surface area contributed by atoms with Crippen molar-refractivity contribution in [1.82, 2.24) is 15.0 Å². The quantitative estimate of drug-likeness (QED) is 0.545. The number of nitrogens with one attached hydrogen (secondary N) is 2. The van der Waals surface area contributed by atoms with E-state index in [9.17, 15) is 0 Å². The largest absolute Gasteiger partial charge is 0.351 e. The average Bonchev–Trinajstić information content (AvgIpc) is 2.50. The van der Waals surface area contributed by atoms with Gasteiger partial charge in [0.25, 0.3) is 0 Å². The van der Waals surface area contributed by atoms with Gasteiger partial charge in [0.2, 0.25) is 17.8 Å². The number of nitrogen functional groups attached to an aromatic ring is 1. The Morgan fingerprint density at radius 1 is 1.05 bits per heavy atom. The lowest BCUT2D eigenvalue weighted by Gasteiger charge is -2.27. The molecule has 0 unspecified atom stereocenters. The Morgan fingerprint density at radius 3 is 2.24 bits per heavy atom. The molecular formula is C14H27N7. The van der Waals surface area contributed by atoms with Crippen molar-refractivity contribution in [1.29, 1.82) is 0 Å². The maximum Gasteiger partial charge on any atom is 0.243 e. The molecule has 118 valence electrons. The molecule has 1 saturated carbocycles. The van der Waals surface area contributed by atoms with Crippen molar-refractivity contribution in [3.63, 3.8) is 0 Å². The molecule has 0 atom stereocenters. The van der Waals surface area contributed by atoms with Crippen LogP contribution in [0.3, 0.4) is 0 Å². The summed E-state index contributed by atoms with van der Waals surface area (Å²) < 4.78 is 0. The van der Waals surface area contributed by atoms with Gasteiger partial charge in [-0.1, -0.05) is 6.92 Å². The van der Waals surface area contributed by atoms with Crippen LogP contribution >= 0.6 is 0 Å². The second-order valence-corrected chi connectivity index (χ2v) is 5.70. The molecule has 1 aromatic rings. The van der Waals surface area contributed by atoms with Crippen molar-refractivity contribution < 1.29 is 0 Å². The molecule has 7 heteroatoms. The fourth-order valence-corrected chi connectivity index (χ4v) is 2.73. The van der Waals surface area contributed by atoms with Gasteiger partial charge in [-0.15, -0.1) is 0 Å². The zero-order chi connectivity index (χ0) is 15.2. The molecular weight excluding hydrogens is 266 g/mol. The number of hydrazine groups is 1. The van der Waals surface area contributed by atoms with E-state index in [1.54, 1.807) is 0 Å². The number of anilines is 3. The van der Waals surface area contributed by atoms with Gasteiger partial charge in [-0.2, -0.15) is 15.0 Å². The Morgan fingerprint density at radius 2 is 1.67 bits per heavy atom. The van der Waals surface area contributed by atoms with Crippen molar-refractivity contribution in [2.45, 2.75) is 52.5 Å². The molecule has 21 heavy (non-hydrogen) atoms. The molecule has 1 aliphatic carbocycles. The first kappa shape index (κ1) is 15.8. The minimum Gasteiger partial charge on any atom is -0.351 e. The monoisotopic (exact) mass is 293 g/mol.